The number of epoxide rings is 2. The highest BCUT2D eigenvalue weighted by molar-refractivity contribution is 5.51. The van der Waals surface area contributed by atoms with Gasteiger partial charge in [-0.2, -0.15) is 52.7 Å². The fourth-order valence-corrected chi connectivity index (χ4v) is 12.1. The second-order valence-electron chi connectivity index (χ2n) is 25.7. The van der Waals surface area contributed by atoms with Crippen molar-refractivity contribution in [1.82, 2.24) is 0 Å². The molecule has 0 bridgehead atoms. The average molecular weight is 1290 g/mol. The highest BCUT2D eigenvalue weighted by Crippen LogP contribution is 2.57. The lowest BCUT2D eigenvalue weighted by Crippen LogP contribution is -2.54. The predicted octanol–water partition coefficient (Wildman–Crippen LogP) is 11.9. The van der Waals surface area contributed by atoms with Crippen molar-refractivity contribution in [3.63, 3.8) is 0 Å². The van der Waals surface area contributed by atoms with Crippen LogP contribution >= 0.6 is 0 Å². The molecule has 28 heteroatoms. The van der Waals surface area contributed by atoms with E-state index in [-0.39, 0.29) is 15.7 Å². The smallest absolute Gasteiger partial charge is 0.421 e. The fourth-order valence-electron chi connectivity index (χ4n) is 12.1. The molecule has 496 valence electrons. The van der Waals surface area contributed by atoms with Crippen LogP contribution in [-0.4, -0.2) is 109 Å². The van der Waals surface area contributed by atoms with Gasteiger partial charge in [0.2, 0.25) is 11.2 Å². The van der Waals surface area contributed by atoms with E-state index >= 15 is 0 Å². The molecule has 0 saturated carbocycles. The fraction of sp³-hybridized carbons (Fsp3) is 0.600. The number of halogens is 16. The lowest BCUT2D eigenvalue weighted by molar-refractivity contribution is -0.262. The molecule has 4 aromatic rings. The Hall–Kier alpha value is -5.36. The maximum absolute atomic E-state index is 13.8. The molecule has 6 atom stereocenters. The van der Waals surface area contributed by atoms with Gasteiger partial charge in [-0.3, -0.25) is 0 Å². The Kier molecular flexibility index (Phi) is 19.1. The number of hydrogen-bond acceptors (Lipinski definition) is 12. The molecule has 6 heterocycles. The molecule has 0 radical (unpaired) electrons. The third-order valence-corrected chi connectivity index (χ3v) is 17.0. The van der Waals surface area contributed by atoms with Crippen LogP contribution in [0.15, 0.2) is 48.5 Å². The number of ether oxygens (including phenoxy) is 6. The first-order chi connectivity index (χ1) is 40.1. The summed E-state index contributed by atoms with van der Waals surface area (Å²) < 4.78 is 244. The van der Waals surface area contributed by atoms with Crippen molar-refractivity contribution in [2.24, 2.45) is 22.9 Å². The molecule has 6 aliphatic heterocycles. The molecular formula is C60H76F16N4O8. The van der Waals surface area contributed by atoms with E-state index in [1.807, 2.05) is 0 Å². The van der Waals surface area contributed by atoms with E-state index < -0.39 is 130 Å². The lowest BCUT2D eigenvalue weighted by atomic mass is 9.74. The summed E-state index contributed by atoms with van der Waals surface area (Å²) in [5, 5.41) is 19.8. The minimum Gasteiger partial charge on any atom is -0.493 e. The molecule has 88 heavy (non-hydrogen) atoms. The van der Waals surface area contributed by atoms with Gasteiger partial charge in [-0.25, -0.2) is 17.6 Å². The topological polar surface area (TPSA) is 207 Å². The third kappa shape index (κ3) is 14.1. The van der Waals surface area contributed by atoms with Crippen molar-refractivity contribution in [1.29, 1.82) is 0 Å². The van der Waals surface area contributed by atoms with Gasteiger partial charge < -0.3 is 61.6 Å². The zero-order valence-corrected chi connectivity index (χ0v) is 49.4. The van der Waals surface area contributed by atoms with Gasteiger partial charge in [-0.1, -0.05) is 55.4 Å². The van der Waals surface area contributed by atoms with E-state index in [0.717, 1.165) is 12.1 Å². The molecule has 12 nitrogen and oxygen atoms in total. The summed E-state index contributed by atoms with van der Waals surface area (Å²) in [6, 6.07) is 10.2. The summed E-state index contributed by atoms with van der Waals surface area (Å²) in [4.78, 5) is 0. The van der Waals surface area contributed by atoms with Gasteiger partial charge in [0, 0.05) is 86.1 Å². The molecule has 6 aliphatic rings. The summed E-state index contributed by atoms with van der Waals surface area (Å²) in [5.74, 6) is -0.230. The molecule has 10 rings (SSSR count). The second kappa shape index (κ2) is 24.0. The SMILES string of the molecule is CC(C)(C[C@@](O)(CN)C(F)(F)F)c1cc(F)cc2c1OCC2.CC(C)(C[C@@]1(C(F)(F)F)O[C@@H]1N)c1cc(F)cc2c1OCC2.CC(C)(C[C@](O)(CN)C(F)(F)F)c1cc(F)cc2c1OCC2.CC(C)(C[C@]1(C(F)(F)F)O[C@H]1N)c1cc(F)cc2c1OCC2.[HH].[HH]. The van der Waals surface area contributed by atoms with Crippen molar-refractivity contribution in [3.05, 3.63) is 116 Å². The predicted molar refractivity (Wildman–Crippen MR) is 293 cm³/mol. The number of rotatable bonds is 14. The Morgan fingerprint density at radius 3 is 0.818 bits per heavy atom. The van der Waals surface area contributed by atoms with Crippen LogP contribution in [0.1, 0.15) is 128 Å². The first-order valence-electron chi connectivity index (χ1n) is 28.0. The van der Waals surface area contributed by atoms with Gasteiger partial charge in [0.05, 0.1) is 26.4 Å². The van der Waals surface area contributed by atoms with Crippen LogP contribution in [0.25, 0.3) is 0 Å². The molecule has 0 spiro atoms. The summed E-state index contributed by atoms with van der Waals surface area (Å²) in [6.07, 6.45) is -21.6. The van der Waals surface area contributed by atoms with Crippen LogP contribution in [0.5, 0.6) is 23.0 Å². The van der Waals surface area contributed by atoms with Crippen molar-refractivity contribution in [3.8, 4) is 23.0 Å². The Bertz CT molecular complexity index is 2820. The van der Waals surface area contributed by atoms with E-state index in [1.165, 1.54) is 64.1 Å². The average Bonchev–Trinajstić information content (AvgIpc) is 1.56. The normalized spacial score (nSPS) is 22.7. The Balaban J connectivity index is 0.000000217. The Labute approximate surface area is 500 Å². The monoisotopic (exact) mass is 1280 g/mol. The maximum atomic E-state index is 13.8. The summed E-state index contributed by atoms with van der Waals surface area (Å²) >= 11 is 0. The molecule has 2 fully saturated rings. The second-order valence-corrected chi connectivity index (χ2v) is 25.7. The molecular weight excluding hydrogens is 1210 g/mol. The largest absolute Gasteiger partial charge is 0.493 e. The highest BCUT2D eigenvalue weighted by Gasteiger charge is 2.74. The highest BCUT2D eigenvalue weighted by atomic mass is 19.4. The first kappa shape index (κ1) is 70.1. The number of benzene rings is 4. The van der Waals surface area contributed by atoms with Gasteiger partial charge in [0.1, 0.15) is 58.7 Å². The number of hydrogen-bond donors (Lipinski definition) is 6. The number of alkyl halides is 12. The summed E-state index contributed by atoms with van der Waals surface area (Å²) in [6.45, 7) is 12.1. The Morgan fingerprint density at radius 1 is 0.420 bits per heavy atom. The molecule has 0 aliphatic carbocycles. The number of aliphatic hydroxyl groups is 2. The van der Waals surface area contributed by atoms with E-state index in [1.54, 1.807) is 27.7 Å². The standard InChI is InChI=1S/2C15H17F4NO2.2C15H19F4NO2.2H2/c2*1-13(2,7-14(12(20)22-14)15(17,18)19)10-6-9(16)5-8-3-4-21-11(8)10;2*1-13(2,7-14(21,8-20)15(17,18)19)11-6-10(16)5-9-3-4-22-12(9)11;;/h2*5-6,12H,3-4,7,20H2,1-2H3;2*5-6,21H,3-4,7-8,20H2,1-2H3;2*1H/t2*12-,14+;2*14-;;/m1010../s1. The van der Waals surface area contributed by atoms with Gasteiger partial charge in [0.15, 0.2) is 11.2 Å². The summed E-state index contributed by atoms with van der Waals surface area (Å²) in [7, 11) is 0. The van der Waals surface area contributed by atoms with E-state index in [4.69, 9.17) is 51.4 Å². The zero-order chi connectivity index (χ0) is 66.2. The minimum absolute atomic E-state index is 0. The third-order valence-electron chi connectivity index (χ3n) is 17.0. The van der Waals surface area contributed by atoms with E-state index in [2.05, 4.69) is 0 Å². The van der Waals surface area contributed by atoms with E-state index in [0.29, 0.717) is 120 Å². The van der Waals surface area contributed by atoms with Crippen LogP contribution in [-0.2, 0) is 56.8 Å². The van der Waals surface area contributed by atoms with Gasteiger partial charge >= 0.3 is 24.7 Å². The quantitative estimate of drug-likeness (QED) is 0.0515. The van der Waals surface area contributed by atoms with Crippen LogP contribution < -0.4 is 41.9 Å². The van der Waals surface area contributed by atoms with Gasteiger partial charge in [-0.15, -0.1) is 0 Å². The van der Waals surface area contributed by atoms with Crippen LogP contribution in [0.4, 0.5) is 70.2 Å². The van der Waals surface area contributed by atoms with E-state index in [9.17, 15) is 80.5 Å². The molecule has 4 aromatic carbocycles. The molecule has 0 unspecified atom stereocenters. The van der Waals surface area contributed by atoms with Crippen LogP contribution in [0, 0.1) is 23.3 Å². The van der Waals surface area contributed by atoms with Crippen LogP contribution in [0.2, 0.25) is 0 Å². The van der Waals surface area contributed by atoms with Crippen molar-refractivity contribution >= 4 is 0 Å². The Morgan fingerprint density at radius 2 is 0.636 bits per heavy atom. The molecule has 10 N–H and O–H groups in total. The maximum Gasteiger partial charge on any atom is 0.421 e. The van der Waals surface area contributed by atoms with Gasteiger partial charge in [0.25, 0.3) is 0 Å². The molecule has 0 amide bonds. The summed E-state index contributed by atoms with van der Waals surface area (Å²) in [5.41, 5.74) is 10.0. The van der Waals surface area contributed by atoms with Crippen molar-refractivity contribution in [2.45, 2.75) is 188 Å². The molecule has 2 saturated heterocycles. The number of nitrogens with two attached hydrogens (primary N) is 4. The lowest BCUT2D eigenvalue weighted by Gasteiger charge is -2.37. The van der Waals surface area contributed by atoms with Crippen molar-refractivity contribution in [2.75, 3.05) is 39.5 Å². The first-order valence-corrected chi connectivity index (χ1v) is 28.0. The van der Waals surface area contributed by atoms with Crippen LogP contribution in [0.3, 0.4) is 0 Å². The molecule has 0 aromatic heterocycles. The van der Waals surface area contributed by atoms with Crippen molar-refractivity contribution < 1.29 is 112 Å². The zero-order valence-electron chi connectivity index (χ0n) is 49.4. The minimum atomic E-state index is -4.86. The van der Waals surface area contributed by atoms with Gasteiger partial charge in [-0.05, 0) is 95.9 Å². The number of fused-ring (bicyclic) bond motifs is 4.